The summed E-state index contributed by atoms with van der Waals surface area (Å²) in [4.78, 5) is 17.8. The number of nitrogens with one attached hydrogen (secondary N) is 1. The van der Waals surface area contributed by atoms with Gasteiger partial charge in [-0.3, -0.25) is 4.79 Å². The van der Waals surface area contributed by atoms with Crippen LogP contribution in [0.1, 0.15) is 52.1 Å². The molecule has 1 aromatic heterocycles. The van der Waals surface area contributed by atoms with E-state index in [1.165, 1.54) is 0 Å². The molecule has 30 heavy (non-hydrogen) atoms. The second-order valence-electron chi connectivity index (χ2n) is 8.44. The SMILES string of the molecule is COC1(c2ccccc2C)CCc2c(C(=O)NC3CC3)cc3c(nc(C)n3C)c2O1. The maximum atomic E-state index is 13.1. The molecular formula is C24H27N3O3. The molecule has 1 aliphatic heterocycles. The lowest BCUT2D eigenvalue weighted by atomic mass is 9.89. The van der Waals surface area contributed by atoms with Crippen LogP contribution in [0.2, 0.25) is 0 Å². The zero-order chi connectivity index (χ0) is 21.0. The van der Waals surface area contributed by atoms with Crippen molar-refractivity contribution in [2.45, 2.75) is 51.4 Å². The average molecular weight is 405 g/mol. The van der Waals surface area contributed by atoms with E-state index in [0.717, 1.165) is 46.4 Å². The van der Waals surface area contributed by atoms with E-state index in [2.05, 4.69) is 18.3 Å². The van der Waals surface area contributed by atoms with Gasteiger partial charge in [-0.25, -0.2) is 4.98 Å². The van der Waals surface area contributed by atoms with E-state index < -0.39 is 5.79 Å². The first kappa shape index (κ1) is 19.1. The summed E-state index contributed by atoms with van der Waals surface area (Å²) in [6.07, 6.45) is 3.41. The number of carbonyl (C=O) groups excluding carboxylic acids is 1. The minimum atomic E-state index is -0.901. The predicted molar refractivity (Wildman–Crippen MR) is 115 cm³/mol. The van der Waals surface area contributed by atoms with Crippen LogP contribution in [0.4, 0.5) is 0 Å². The summed E-state index contributed by atoms with van der Waals surface area (Å²) in [7, 11) is 3.65. The van der Waals surface area contributed by atoms with E-state index >= 15 is 0 Å². The maximum Gasteiger partial charge on any atom is 0.251 e. The Morgan fingerprint density at radius 1 is 1.30 bits per heavy atom. The van der Waals surface area contributed by atoms with Gasteiger partial charge < -0.3 is 19.4 Å². The van der Waals surface area contributed by atoms with Crippen molar-refractivity contribution in [3.8, 4) is 5.75 Å². The lowest BCUT2D eigenvalue weighted by molar-refractivity contribution is -0.183. The van der Waals surface area contributed by atoms with Crippen molar-refractivity contribution in [2.24, 2.45) is 7.05 Å². The smallest absolute Gasteiger partial charge is 0.251 e. The molecule has 1 saturated carbocycles. The highest BCUT2D eigenvalue weighted by molar-refractivity contribution is 6.02. The van der Waals surface area contributed by atoms with Crippen LogP contribution in [0.3, 0.4) is 0 Å². The Morgan fingerprint density at radius 3 is 2.77 bits per heavy atom. The van der Waals surface area contributed by atoms with Crippen LogP contribution in [0, 0.1) is 13.8 Å². The summed E-state index contributed by atoms with van der Waals surface area (Å²) in [5.41, 5.74) is 5.39. The highest BCUT2D eigenvalue weighted by atomic mass is 16.7. The van der Waals surface area contributed by atoms with E-state index in [1.807, 2.05) is 42.8 Å². The van der Waals surface area contributed by atoms with Crippen LogP contribution >= 0.6 is 0 Å². The summed E-state index contributed by atoms with van der Waals surface area (Å²) in [5.74, 6) is 0.606. The van der Waals surface area contributed by atoms with Crippen LogP contribution in [-0.2, 0) is 24.0 Å². The monoisotopic (exact) mass is 405 g/mol. The molecule has 0 bridgehead atoms. The molecule has 0 radical (unpaired) electrons. The fourth-order valence-corrected chi connectivity index (χ4v) is 4.45. The Balaban J connectivity index is 1.69. The Morgan fingerprint density at radius 2 is 2.07 bits per heavy atom. The molecule has 3 aromatic rings. The fraction of sp³-hybridized carbons (Fsp3) is 0.417. The number of hydrogen-bond donors (Lipinski definition) is 1. The molecule has 2 heterocycles. The first-order valence-corrected chi connectivity index (χ1v) is 10.5. The summed E-state index contributed by atoms with van der Waals surface area (Å²) in [6, 6.07) is 10.4. The second-order valence-corrected chi connectivity index (χ2v) is 8.44. The molecule has 1 atom stereocenters. The molecule has 5 rings (SSSR count). The normalized spacial score (nSPS) is 20.7. The molecule has 6 heteroatoms. The van der Waals surface area contributed by atoms with Gasteiger partial charge in [0.1, 0.15) is 11.3 Å². The zero-order valence-electron chi connectivity index (χ0n) is 17.9. The molecule has 156 valence electrons. The van der Waals surface area contributed by atoms with Crippen molar-refractivity contribution in [1.29, 1.82) is 0 Å². The summed E-state index contributed by atoms with van der Waals surface area (Å²) in [6.45, 7) is 4.03. The standard InChI is InChI=1S/C24H27N3O3/c1-14-7-5-6-8-19(14)24(29-4)12-11-17-18(23(28)26-16-9-10-16)13-20-21(22(17)30-24)25-15(2)27(20)3/h5-8,13,16H,9-12H2,1-4H3,(H,26,28). The van der Waals surface area contributed by atoms with Crippen LogP contribution in [0.15, 0.2) is 30.3 Å². The molecule has 1 N–H and O–H groups in total. The minimum Gasteiger partial charge on any atom is -0.455 e. The molecule has 2 aromatic carbocycles. The molecular weight excluding hydrogens is 378 g/mol. The van der Waals surface area contributed by atoms with Crippen molar-refractivity contribution in [2.75, 3.05) is 7.11 Å². The number of fused-ring (bicyclic) bond motifs is 3. The number of nitrogens with zero attached hydrogens (tertiary/aromatic N) is 2. The first-order valence-electron chi connectivity index (χ1n) is 10.5. The van der Waals surface area contributed by atoms with E-state index in [4.69, 9.17) is 14.5 Å². The fourth-order valence-electron chi connectivity index (χ4n) is 4.45. The van der Waals surface area contributed by atoms with Crippen LogP contribution in [-0.4, -0.2) is 28.6 Å². The number of carbonyl (C=O) groups is 1. The van der Waals surface area contributed by atoms with Gasteiger partial charge in [0, 0.05) is 43.3 Å². The van der Waals surface area contributed by atoms with Gasteiger partial charge in [0.15, 0.2) is 5.75 Å². The second kappa shape index (κ2) is 6.84. The molecule has 6 nitrogen and oxygen atoms in total. The number of hydrogen-bond acceptors (Lipinski definition) is 4. The summed E-state index contributed by atoms with van der Waals surface area (Å²) < 4.78 is 14.7. The number of methoxy groups -OCH3 is 1. The first-order chi connectivity index (χ1) is 14.4. The van der Waals surface area contributed by atoms with Gasteiger partial charge >= 0.3 is 0 Å². The molecule has 1 fully saturated rings. The van der Waals surface area contributed by atoms with Gasteiger partial charge in [0.05, 0.1) is 5.52 Å². The van der Waals surface area contributed by atoms with Gasteiger partial charge in [-0.2, -0.15) is 0 Å². The molecule has 1 unspecified atom stereocenters. The number of aromatic nitrogens is 2. The summed E-state index contributed by atoms with van der Waals surface area (Å²) >= 11 is 0. The Hall–Kier alpha value is -2.86. The van der Waals surface area contributed by atoms with Crippen molar-refractivity contribution in [3.05, 3.63) is 58.4 Å². The molecule has 0 saturated heterocycles. The van der Waals surface area contributed by atoms with Crippen molar-refractivity contribution >= 4 is 16.9 Å². The quantitative estimate of drug-likeness (QED) is 0.715. The van der Waals surface area contributed by atoms with Crippen molar-refractivity contribution in [3.63, 3.8) is 0 Å². The third kappa shape index (κ3) is 2.89. The zero-order valence-corrected chi connectivity index (χ0v) is 17.9. The van der Waals surface area contributed by atoms with Gasteiger partial charge in [-0.15, -0.1) is 0 Å². The molecule has 0 spiro atoms. The van der Waals surface area contributed by atoms with E-state index in [9.17, 15) is 4.79 Å². The molecule has 1 amide bonds. The third-order valence-corrected chi connectivity index (χ3v) is 6.47. The Labute approximate surface area is 176 Å². The topological polar surface area (TPSA) is 65.4 Å². The van der Waals surface area contributed by atoms with Crippen LogP contribution in [0.25, 0.3) is 11.0 Å². The number of aryl methyl sites for hydroxylation is 3. The van der Waals surface area contributed by atoms with Crippen LogP contribution in [0.5, 0.6) is 5.75 Å². The largest absolute Gasteiger partial charge is 0.455 e. The highest BCUT2D eigenvalue weighted by Gasteiger charge is 2.42. The predicted octanol–water partition coefficient (Wildman–Crippen LogP) is 3.91. The molecule has 2 aliphatic rings. The third-order valence-electron chi connectivity index (χ3n) is 6.47. The maximum absolute atomic E-state index is 13.1. The Kier molecular flexibility index (Phi) is 4.36. The van der Waals surface area contributed by atoms with Gasteiger partial charge in [-0.05, 0) is 44.7 Å². The number of imidazole rings is 1. The van der Waals surface area contributed by atoms with Crippen molar-refractivity contribution < 1.29 is 14.3 Å². The number of ether oxygens (including phenoxy) is 2. The average Bonchev–Trinajstić information content (AvgIpc) is 3.52. The van der Waals surface area contributed by atoms with E-state index in [0.29, 0.717) is 30.2 Å². The number of benzene rings is 2. The summed E-state index contributed by atoms with van der Waals surface area (Å²) in [5, 5.41) is 3.13. The van der Waals surface area contributed by atoms with Gasteiger partial charge in [0.25, 0.3) is 5.91 Å². The minimum absolute atomic E-state index is 0.0288. The van der Waals surface area contributed by atoms with Gasteiger partial charge in [0.2, 0.25) is 5.79 Å². The van der Waals surface area contributed by atoms with Crippen LogP contribution < -0.4 is 10.1 Å². The number of amides is 1. The highest BCUT2D eigenvalue weighted by Crippen LogP contribution is 2.45. The van der Waals surface area contributed by atoms with Crippen molar-refractivity contribution in [1.82, 2.24) is 14.9 Å². The van der Waals surface area contributed by atoms with E-state index in [-0.39, 0.29) is 5.91 Å². The lowest BCUT2D eigenvalue weighted by Gasteiger charge is -2.39. The lowest BCUT2D eigenvalue weighted by Crippen LogP contribution is -2.40. The number of rotatable bonds is 4. The Bertz CT molecular complexity index is 1160. The van der Waals surface area contributed by atoms with Gasteiger partial charge in [-0.1, -0.05) is 24.3 Å². The molecule has 1 aliphatic carbocycles. The van der Waals surface area contributed by atoms with E-state index in [1.54, 1.807) is 7.11 Å².